The standard InChI is InChI=1S/C5H6O2.CO2/c1-3-4-5(6)7-2;2-1-3/h1-2H3;. The molecule has 0 heterocycles. The van der Waals surface area contributed by atoms with Crippen molar-refractivity contribution < 1.29 is 19.1 Å². The molecule has 0 amide bonds. The summed E-state index contributed by atoms with van der Waals surface area (Å²) in [7, 11) is 1.30. The Balaban J connectivity index is 0. The monoisotopic (exact) mass is 142 g/mol. The summed E-state index contributed by atoms with van der Waals surface area (Å²) in [5.74, 6) is 4.09. The first-order valence-electron chi connectivity index (χ1n) is 2.22. The molecule has 0 N–H and O–H groups in total. The van der Waals surface area contributed by atoms with Gasteiger partial charge in [0.25, 0.3) is 0 Å². The molecule has 0 saturated carbocycles. The molecule has 0 rings (SSSR count). The Bertz CT molecular complexity index is 178. The molecule has 0 saturated heterocycles. The fourth-order valence-electron chi connectivity index (χ4n) is 0.153. The van der Waals surface area contributed by atoms with Gasteiger partial charge in [-0.05, 0) is 6.92 Å². The van der Waals surface area contributed by atoms with E-state index in [4.69, 9.17) is 9.59 Å². The van der Waals surface area contributed by atoms with Crippen LogP contribution in [0.25, 0.3) is 0 Å². The molecule has 0 bridgehead atoms. The van der Waals surface area contributed by atoms with Gasteiger partial charge in [0.05, 0.1) is 7.11 Å². The third-order valence-corrected chi connectivity index (χ3v) is 0.412. The lowest BCUT2D eigenvalue weighted by atomic mass is 10.6. The number of rotatable bonds is 0. The van der Waals surface area contributed by atoms with Gasteiger partial charge in [0.15, 0.2) is 0 Å². The third kappa shape index (κ3) is 16.1. The summed E-state index contributed by atoms with van der Waals surface area (Å²) in [5.41, 5.74) is 0. The van der Waals surface area contributed by atoms with Crippen molar-refractivity contribution in [2.24, 2.45) is 0 Å². The minimum Gasteiger partial charge on any atom is -0.459 e. The number of methoxy groups -OCH3 is 1. The number of carbonyl (C=O) groups excluding carboxylic acids is 3. The number of carbonyl (C=O) groups is 1. The second kappa shape index (κ2) is 10.4. The van der Waals surface area contributed by atoms with E-state index in [1.165, 1.54) is 7.11 Å². The lowest BCUT2D eigenvalue weighted by molar-refractivity contribution is -0.191. The lowest BCUT2D eigenvalue weighted by Gasteiger charge is -1.81. The Kier molecular flexibility index (Phi) is 11.7. The van der Waals surface area contributed by atoms with Crippen LogP contribution in [0.1, 0.15) is 6.92 Å². The van der Waals surface area contributed by atoms with Crippen molar-refractivity contribution in [2.75, 3.05) is 7.11 Å². The van der Waals surface area contributed by atoms with E-state index in [2.05, 4.69) is 16.6 Å². The second-order valence-corrected chi connectivity index (χ2v) is 0.950. The van der Waals surface area contributed by atoms with E-state index in [1.54, 1.807) is 6.92 Å². The molecule has 54 valence electrons. The minimum atomic E-state index is -0.484. The van der Waals surface area contributed by atoms with E-state index in [-0.39, 0.29) is 6.15 Å². The van der Waals surface area contributed by atoms with Crippen LogP contribution in [0.5, 0.6) is 0 Å². The highest BCUT2D eigenvalue weighted by atomic mass is 16.5. The maximum atomic E-state index is 10.0. The SMILES string of the molecule is CC#CC(=O)OC.O=C=O. The zero-order valence-corrected chi connectivity index (χ0v) is 5.63. The first-order valence-corrected chi connectivity index (χ1v) is 2.22. The van der Waals surface area contributed by atoms with E-state index < -0.39 is 5.97 Å². The zero-order valence-electron chi connectivity index (χ0n) is 5.63. The van der Waals surface area contributed by atoms with Crippen molar-refractivity contribution in [1.82, 2.24) is 0 Å². The Hall–Kier alpha value is -1.59. The molecule has 4 heteroatoms. The van der Waals surface area contributed by atoms with Crippen LogP contribution in [-0.2, 0) is 19.1 Å². The summed E-state index contributed by atoms with van der Waals surface area (Å²) in [6, 6.07) is 0. The molecule has 4 nitrogen and oxygen atoms in total. The fraction of sp³-hybridized carbons (Fsp3) is 0.333. The molecule has 0 spiro atoms. The van der Waals surface area contributed by atoms with Gasteiger partial charge in [0.2, 0.25) is 0 Å². The molecule has 0 aromatic heterocycles. The van der Waals surface area contributed by atoms with Gasteiger partial charge in [0, 0.05) is 5.92 Å². The van der Waals surface area contributed by atoms with Crippen molar-refractivity contribution in [3.63, 3.8) is 0 Å². The third-order valence-electron chi connectivity index (χ3n) is 0.412. The van der Waals surface area contributed by atoms with Gasteiger partial charge in [-0.1, -0.05) is 5.92 Å². The molecule has 0 aliphatic rings. The second-order valence-electron chi connectivity index (χ2n) is 0.950. The molecule has 0 radical (unpaired) electrons. The van der Waals surface area contributed by atoms with Gasteiger partial charge < -0.3 is 4.74 Å². The number of ether oxygens (including phenoxy) is 1. The van der Waals surface area contributed by atoms with Crippen molar-refractivity contribution >= 4 is 12.1 Å². The Labute approximate surface area is 58.2 Å². The smallest absolute Gasteiger partial charge is 0.384 e. The highest BCUT2D eigenvalue weighted by molar-refractivity contribution is 5.88. The molecule has 10 heavy (non-hydrogen) atoms. The van der Waals surface area contributed by atoms with Crippen LogP contribution in [0.3, 0.4) is 0 Å². The maximum Gasteiger partial charge on any atom is 0.384 e. The van der Waals surface area contributed by atoms with E-state index in [1.807, 2.05) is 0 Å². The Morgan fingerprint density at radius 3 is 1.90 bits per heavy atom. The average molecular weight is 142 g/mol. The minimum absolute atomic E-state index is 0.250. The van der Waals surface area contributed by atoms with Gasteiger partial charge in [-0.3, -0.25) is 0 Å². The highest BCUT2D eigenvalue weighted by Crippen LogP contribution is 1.64. The summed E-state index contributed by atoms with van der Waals surface area (Å²) >= 11 is 0. The summed E-state index contributed by atoms with van der Waals surface area (Å²) < 4.78 is 4.18. The number of esters is 1. The zero-order chi connectivity index (χ0) is 8.41. The van der Waals surface area contributed by atoms with Gasteiger partial charge in [0.1, 0.15) is 0 Å². The normalized spacial score (nSPS) is 5.00. The maximum absolute atomic E-state index is 10.0. The van der Waals surface area contributed by atoms with Gasteiger partial charge in [-0.15, -0.1) is 0 Å². The van der Waals surface area contributed by atoms with Crippen LogP contribution in [0.2, 0.25) is 0 Å². The number of hydrogen-bond donors (Lipinski definition) is 0. The summed E-state index contributed by atoms with van der Waals surface area (Å²) in [5, 5.41) is 0. The molecule has 0 aromatic carbocycles. The van der Waals surface area contributed by atoms with E-state index in [0.29, 0.717) is 0 Å². The summed E-state index contributed by atoms with van der Waals surface area (Å²) in [4.78, 5) is 26.3. The Morgan fingerprint density at radius 1 is 1.40 bits per heavy atom. The molecular weight excluding hydrogens is 136 g/mol. The van der Waals surface area contributed by atoms with Gasteiger partial charge in [-0.2, -0.15) is 9.59 Å². The molecule has 0 unspecified atom stereocenters. The Morgan fingerprint density at radius 2 is 1.80 bits per heavy atom. The van der Waals surface area contributed by atoms with Crippen LogP contribution in [0, 0.1) is 11.8 Å². The largest absolute Gasteiger partial charge is 0.459 e. The van der Waals surface area contributed by atoms with Crippen molar-refractivity contribution in [1.29, 1.82) is 0 Å². The molecule has 0 aliphatic heterocycles. The van der Waals surface area contributed by atoms with E-state index >= 15 is 0 Å². The van der Waals surface area contributed by atoms with Crippen LogP contribution < -0.4 is 0 Å². The fourth-order valence-corrected chi connectivity index (χ4v) is 0.153. The summed E-state index contributed by atoms with van der Waals surface area (Å²) in [6.45, 7) is 1.58. The van der Waals surface area contributed by atoms with Crippen LogP contribution >= 0.6 is 0 Å². The molecule has 0 fully saturated rings. The topological polar surface area (TPSA) is 60.4 Å². The quantitative estimate of drug-likeness (QED) is 0.262. The average Bonchev–Trinajstić information content (AvgIpc) is 1.90. The van der Waals surface area contributed by atoms with Crippen LogP contribution in [0.4, 0.5) is 0 Å². The van der Waals surface area contributed by atoms with Gasteiger partial charge in [-0.25, -0.2) is 4.79 Å². The van der Waals surface area contributed by atoms with E-state index in [9.17, 15) is 4.79 Å². The first-order chi connectivity index (χ1) is 4.72. The highest BCUT2D eigenvalue weighted by Gasteiger charge is 1.84. The predicted molar refractivity (Wildman–Crippen MR) is 30.5 cm³/mol. The molecule has 0 aliphatic carbocycles. The molecular formula is C6H6O4. The predicted octanol–water partition coefficient (Wildman–Crippen LogP) is -0.401. The van der Waals surface area contributed by atoms with Gasteiger partial charge >= 0.3 is 12.1 Å². The van der Waals surface area contributed by atoms with Crippen molar-refractivity contribution in [3.8, 4) is 11.8 Å². The summed E-state index contributed by atoms with van der Waals surface area (Å²) in [6.07, 6.45) is 0.250. The van der Waals surface area contributed by atoms with Crippen LogP contribution in [0.15, 0.2) is 0 Å². The van der Waals surface area contributed by atoms with Crippen molar-refractivity contribution in [2.45, 2.75) is 6.92 Å². The molecule has 0 atom stereocenters. The lowest BCUT2D eigenvalue weighted by Crippen LogP contribution is -1.93. The van der Waals surface area contributed by atoms with Crippen molar-refractivity contribution in [3.05, 3.63) is 0 Å². The number of hydrogen-bond acceptors (Lipinski definition) is 4. The molecule has 0 aromatic rings. The van der Waals surface area contributed by atoms with E-state index in [0.717, 1.165) is 0 Å². The first kappa shape index (κ1) is 11.2. The van der Waals surface area contributed by atoms with Crippen LogP contribution in [-0.4, -0.2) is 19.2 Å².